The van der Waals surface area contributed by atoms with Crippen LogP contribution in [0.15, 0.2) is 54.6 Å². The minimum atomic E-state index is 0.211. The second kappa shape index (κ2) is 6.96. The molecule has 1 aromatic heterocycles. The summed E-state index contributed by atoms with van der Waals surface area (Å²) in [6, 6.07) is 19.7. The van der Waals surface area contributed by atoms with Gasteiger partial charge in [-0.25, -0.2) is 4.98 Å². The molecular weight excluding hydrogens is 330 g/mol. The van der Waals surface area contributed by atoms with Gasteiger partial charge in [0.15, 0.2) is 0 Å². The largest absolute Gasteiger partial charge is 0.383 e. The van der Waals surface area contributed by atoms with E-state index in [0.717, 1.165) is 16.7 Å². The maximum atomic E-state index is 9.52. The second-order valence-corrected chi connectivity index (χ2v) is 6.59. The van der Waals surface area contributed by atoms with Crippen molar-refractivity contribution in [1.29, 1.82) is 5.26 Å². The Balaban J connectivity index is 2.18. The summed E-state index contributed by atoms with van der Waals surface area (Å²) in [6.45, 7) is 4.30. The lowest BCUT2D eigenvalue weighted by Gasteiger charge is -2.12. The van der Waals surface area contributed by atoms with Crippen molar-refractivity contribution >= 4 is 17.4 Å². The van der Waals surface area contributed by atoms with E-state index in [1.807, 2.05) is 42.5 Å². The molecule has 4 heteroatoms. The SMILES string of the molecule is CC(C)c1ccc(-c2cc(-c3ccccc3Cl)nc(N)c2C#N)cc1. The summed E-state index contributed by atoms with van der Waals surface area (Å²) in [7, 11) is 0. The van der Waals surface area contributed by atoms with Gasteiger partial charge in [-0.15, -0.1) is 0 Å². The third kappa shape index (κ3) is 3.35. The maximum Gasteiger partial charge on any atom is 0.142 e. The molecule has 0 aliphatic heterocycles. The summed E-state index contributed by atoms with van der Waals surface area (Å²) in [5.74, 6) is 0.661. The molecule has 0 unspecified atom stereocenters. The topological polar surface area (TPSA) is 62.7 Å². The molecule has 3 nitrogen and oxygen atoms in total. The summed E-state index contributed by atoms with van der Waals surface area (Å²) in [5, 5.41) is 10.1. The van der Waals surface area contributed by atoms with Crippen LogP contribution in [0.5, 0.6) is 0 Å². The first kappa shape index (κ1) is 17.0. The lowest BCUT2D eigenvalue weighted by molar-refractivity contribution is 0.867. The van der Waals surface area contributed by atoms with E-state index in [9.17, 15) is 5.26 Å². The van der Waals surface area contributed by atoms with Crippen molar-refractivity contribution < 1.29 is 0 Å². The van der Waals surface area contributed by atoms with Crippen LogP contribution in [0, 0.1) is 11.3 Å². The highest BCUT2D eigenvalue weighted by molar-refractivity contribution is 6.33. The van der Waals surface area contributed by atoms with Crippen LogP contribution in [0.25, 0.3) is 22.4 Å². The number of anilines is 1. The predicted molar refractivity (Wildman–Crippen MR) is 103 cm³/mol. The number of halogens is 1. The van der Waals surface area contributed by atoms with Gasteiger partial charge in [0.2, 0.25) is 0 Å². The van der Waals surface area contributed by atoms with Crippen molar-refractivity contribution in [1.82, 2.24) is 4.98 Å². The van der Waals surface area contributed by atoms with E-state index in [1.165, 1.54) is 5.56 Å². The standard InChI is InChI=1S/C21H18ClN3/c1-13(2)14-7-9-15(10-8-14)17-11-20(25-21(24)18(17)12-23)16-5-3-4-6-19(16)22/h3-11,13H,1-2H3,(H2,24,25). The molecule has 0 amide bonds. The molecule has 3 rings (SSSR count). The number of hydrogen-bond acceptors (Lipinski definition) is 3. The highest BCUT2D eigenvalue weighted by Gasteiger charge is 2.15. The highest BCUT2D eigenvalue weighted by Crippen LogP contribution is 2.34. The third-order valence-corrected chi connectivity index (χ3v) is 4.53. The Labute approximate surface area is 152 Å². The first-order chi connectivity index (χ1) is 12.0. The molecule has 0 saturated heterocycles. The predicted octanol–water partition coefficient (Wildman–Crippen LogP) is 5.65. The van der Waals surface area contributed by atoms with Gasteiger partial charge < -0.3 is 5.73 Å². The van der Waals surface area contributed by atoms with Crippen molar-refractivity contribution in [2.45, 2.75) is 19.8 Å². The molecule has 0 bridgehead atoms. The van der Waals surface area contributed by atoms with Gasteiger partial charge in [-0.1, -0.05) is 67.9 Å². The molecule has 0 aliphatic rings. The zero-order chi connectivity index (χ0) is 18.0. The van der Waals surface area contributed by atoms with Crippen LogP contribution in [0.3, 0.4) is 0 Å². The molecule has 1 heterocycles. The quantitative estimate of drug-likeness (QED) is 0.666. The van der Waals surface area contributed by atoms with E-state index in [1.54, 1.807) is 0 Å². The molecule has 0 spiro atoms. The minimum absolute atomic E-state index is 0.211. The molecule has 2 N–H and O–H groups in total. The van der Waals surface area contributed by atoms with Crippen molar-refractivity contribution in [2.24, 2.45) is 0 Å². The Morgan fingerprint density at radius 1 is 1.04 bits per heavy atom. The molecule has 0 aliphatic carbocycles. The Hall–Kier alpha value is -2.83. The van der Waals surface area contributed by atoms with Crippen molar-refractivity contribution in [3.05, 3.63) is 70.7 Å². The van der Waals surface area contributed by atoms with Gasteiger partial charge in [-0.05, 0) is 29.2 Å². The van der Waals surface area contributed by atoms with E-state index < -0.39 is 0 Å². The Morgan fingerprint density at radius 3 is 2.32 bits per heavy atom. The van der Waals surface area contributed by atoms with E-state index >= 15 is 0 Å². The number of nitriles is 1. The monoisotopic (exact) mass is 347 g/mol. The van der Waals surface area contributed by atoms with E-state index in [2.05, 4.69) is 37.0 Å². The van der Waals surface area contributed by atoms with E-state index in [4.69, 9.17) is 17.3 Å². The summed E-state index contributed by atoms with van der Waals surface area (Å²) < 4.78 is 0. The van der Waals surface area contributed by atoms with Gasteiger partial charge in [0.25, 0.3) is 0 Å². The molecule has 0 atom stereocenters. The molecular formula is C21H18ClN3. The fourth-order valence-electron chi connectivity index (χ4n) is 2.76. The smallest absolute Gasteiger partial charge is 0.142 e. The number of rotatable bonds is 3. The lowest BCUT2D eigenvalue weighted by Crippen LogP contribution is -2.00. The highest BCUT2D eigenvalue weighted by atomic mass is 35.5. The van der Waals surface area contributed by atoms with Gasteiger partial charge in [0.1, 0.15) is 17.5 Å². The summed E-state index contributed by atoms with van der Waals surface area (Å²) in [4.78, 5) is 4.38. The molecule has 2 aromatic carbocycles. The maximum absolute atomic E-state index is 9.52. The first-order valence-electron chi connectivity index (χ1n) is 8.07. The normalized spacial score (nSPS) is 10.7. The summed E-state index contributed by atoms with van der Waals surface area (Å²) in [5.41, 5.74) is 10.8. The van der Waals surface area contributed by atoms with Gasteiger partial charge in [0.05, 0.1) is 5.69 Å². The van der Waals surface area contributed by atoms with Crippen LogP contribution in [-0.4, -0.2) is 4.98 Å². The third-order valence-electron chi connectivity index (χ3n) is 4.20. The minimum Gasteiger partial charge on any atom is -0.383 e. The Bertz CT molecular complexity index is 954. The number of nitrogens with two attached hydrogens (primary N) is 1. The van der Waals surface area contributed by atoms with E-state index in [0.29, 0.717) is 22.2 Å². The van der Waals surface area contributed by atoms with Crippen LogP contribution < -0.4 is 5.73 Å². The van der Waals surface area contributed by atoms with Gasteiger partial charge in [-0.2, -0.15) is 5.26 Å². The van der Waals surface area contributed by atoms with Crippen molar-refractivity contribution in [2.75, 3.05) is 5.73 Å². The van der Waals surface area contributed by atoms with E-state index in [-0.39, 0.29) is 5.82 Å². The number of hydrogen-bond donors (Lipinski definition) is 1. The van der Waals surface area contributed by atoms with Crippen LogP contribution in [0.1, 0.15) is 30.9 Å². The number of nitrogen functional groups attached to an aromatic ring is 1. The van der Waals surface area contributed by atoms with Crippen molar-refractivity contribution in [3.8, 4) is 28.5 Å². The fraction of sp³-hybridized carbons (Fsp3) is 0.143. The zero-order valence-corrected chi connectivity index (χ0v) is 14.9. The van der Waals surface area contributed by atoms with Gasteiger partial charge >= 0.3 is 0 Å². The number of pyridine rings is 1. The second-order valence-electron chi connectivity index (χ2n) is 6.18. The summed E-state index contributed by atoms with van der Waals surface area (Å²) in [6.07, 6.45) is 0. The first-order valence-corrected chi connectivity index (χ1v) is 8.45. The average molecular weight is 348 g/mol. The Morgan fingerprint density at radius 2 is 1.72 bits per heavy atom. The van der Waals surface area contributed by atoms with Gasteiger partial charge in [-0.3, -0.25) is 0 Å². The number of benzene rings is 2. The van der Waals surface area contributed by atoms with Crippen LogP contribution >= 0.6 is 11.6 Å². The fourth-order valence-corrected chi connectivity index (χ4v) is 3.00. The Kier molecular flexibility index (Phi) is 4.74. The number of aromatic nitrogens is 1. The molecule has 0 fully saturated rings. The van der Waals surface area contributed by atoms with Crippen LogP contribution in [0.2, 0.25) is 5.02 Å². The molecule has 0 saturated carbocycles. The molecule has 124 valence electrons. The molecule has 0 radical (unpaired) electrons. The van der Waals surface area contributed by atoms with Gasteiger partial charge in [0, 0.05) is 16.1 Å². The van der Waals surface area contributed by atoms with Crippen LogP contribution in [0.4, 0.5) is 5.82 Å². The zero-order valence-electron chi connectivity index (χ0n) is 14.1. The van der Waals surface area contributed by atoms with Crippen molar-refractivity contribution in [3.63, 3.8) is 0 Å². The lowest BCUT2D eigenvalue weighted by atomic mass is 9.95. The average Bonchev–Trinajstić information content (AvgIpc) is 2.61. The summed E-state index contributed by atoms with van der Waals surface area (Å²) >= 11 is 6.29. The molecule has 3 aromatic rings. The molecule has 25 heavy (non-hydrogen) atoms. The van der Waals surface area contributed by atoms with Crippen LogP contribution in [-0.2, 0) is 0 Å². The number of nitrogens with zero attached hydrogens (tertiary/aromatic N) is 2.